The van der Waals surface area contributed by atoms with Gasteiger partial charge in [-0.05, 0) is 108 Å². The molecule has 0 bridgehead atoms. The Kier molecular flexibility index (Phi) is 11.9. The molecule has 4 aliphatic rings. The van der Waals surface area contributed by atoms with Crippen LogP contribution in [0.25, 0.3) is 16.8 Å². The Labute approximate surface area is 344 Å². The largest absolute Gasteiger partial charge is 0.748 e. The van der Waals surface area contributed by atoms with Gasteiger partial charge >= 0.3 is 0 Å². The molecule has 2 aliphatic carbocycles. The van der Waals surface area contributed by atoms with Crippen LogP contribution >= 0.6 is 11.6 Å². The molecule has 0 amide bonds. The van der Waals surface area contributed by atoms with Crippen LogP contribution in [-0.2, 0) is 25.7 Å². The molecule has 3 aromatic carbocycles. The third-order valence-corrected chi connectivity index (χ3v) is 14.9. The van der Waals surface area contributed by atoms with Crippen LogP contribution in [0.2, 0.25) is 0 Å². The van der Waals surface area contributed by atoms with Crippen LogP contribution in [0.1, 0.15) is 95.2 Å². The standard InChI is InChI=1S/C46H55ClN2O6S2/c1-45(2)40(48(28-9-11-30-56(50,51)52)38-24-20-32-14-5-7-18-36(32)42(38)45)26-22-34-16-13-17-35(44(34)47)23-27-41-46(3,4)43-37-19-8-6-15-33(37)21-25-39(43)49(41)29-10-12-31-57(53,54)55/h5-8,14-15,18-27,38,40,42H,9-13,16-17,28-31H2,1-4H3,(H,50,51,52)(H,53,54,55)/p-1/b26-22+,35-23+,41-27+. The number of rotatable bonds is 13. The van der Waals surface area contributed by atoms with Gasteiger partial charge in [0.15, 0.2) is 0 Å². The Morgan fingerprint density at radius 3 is 2.32 bits per heavy atom. The van der Waals surface area contributed by atoms with E-state index in [1.54, 1.807) is 0 Å². The zero-order chi connectivity index (χ0) is 40.8. The number of halogens is 1. The summed E-state index contributed by atoms with van der Waals surface area (Å²) in [4.78, 5) is 3.67. The quantitative estimate of drug-likeness (QED) is 0.137. The lowest BCUT2D eigenvalue weighted by Crippen LogP contribution is -3.17. The zero-order valence-corrected chi connectivity index (χ0v) is 35.7. The van der Waals surface area contributed by atoms with Gasteiger partial charge in [0, 0.05) is 45.3 Å². The van der Waals surface area contributed by atoms with Gasteiger partial charge in [-0.3, -0.25) is 0 Å². The molecule has 7 rings (SSSR count). The Hall–Kier alpha value is -3.51. The molecule has 3 aromatic rings. The zero-order valence-electron chi connectivity index (χ0n) is 33.3. The molecule has 0 spiro atoms. The summed E-state index contributed by atoms with van der Waals surface area (Å²) in [6.07, 6.45) is 18.0. The Balaban J connectivity index is 1.20. The van der Waals surface area contributed by atoms with Crippen molar-refractivity contribution in [3.8, 4) is 0 Å². The maximum Gasteiger partial charge on any atom is 0.115 e. The number of hydrogen-bond donors (Lipinski definition) is 1. The predicted octanol–water partition coefficient (Wildman–Crippen LogP) is 8.10. The number of anilines is 1. The summed E-state index contributed by atoms with van der Waals surface area (Å²) in [6, 6.07) is 21.6. The van der Waals surface area contributed by atoms with Crippen LogP contribution < -0.4 is 9.80 Å². The lowest BCUT2D eigenvalue weighted by Gasteiger charge is -2.31. The molecule has 11 heteroatoms. The lowest BCUT2D eigenvalue weighted by atomic mass is 9.68. The van der Waals surface area contributed by atoms with Crippen LogP contribution in [0, 0.1) is 5.41 Å². The molecule has 4 unspecified atom stereocenters. The van der Waals surface area contributed by atoms with Gasteiger partial charge in [0.25, 0.3) is 0 Å². The van der Waals surface area contributed by atoms with Crippen LogP contribution in [0.4, 0.5) is 5.69 Å². The first-order valence-corrected chi connectivity index (χ1v) is 23.8. The van der Waals surface area contributed by atoms with Crippen molar-refractivity contribution in [1.82, 2.24) is 0 Å². The average molecular weight is 831 g/mol. The van der Waals surface area contributed by atoms with E-state index in [2.05, 4.69) is 124 Å². The van der Waals surface area contributed by atoms with Crippen molar-refractivity contribution in [2.24, 2.45) is 5.41 Å². The molecule has 57 heavy (non-hydrogen) atoms. The highest BCUT2D eigenvalue weighted by Crippen LogP contribution is 2.51. The van der Waals surface area contributed by atoms with Crippen molar-refractivity contribution in [2.75, 3.05) is 29.5 Å². The molecule has 0 radical (unpaired) electrons. The molecule has 8 nitrogen and oxygen atoms in total. The van der Waals surface area contributed by atoms with Gasteiger partial charge in [0.1, 0.15) is 12.1 Å². The van der Waals surface area contributed by atoms with E-state index < -0.39 is 20.2 Å². The van der Waals surface area contributed by atoms with Crippen molar-refractivity contribution in [3.63, 3.8) is 0 Å². The van der Waals surface area contributed by atoms with Crippen molar-refractivity contribution in [3.05, 3.63) is 130 Å². The third kappa shape index (κ3) is 8.63. The molecule has 0 saturated carbocycles. The van der Waals surface area contributed by atoms with Gasteiger partial charge < -0.3 is 18.9 Å². The number of fused-ring (bicyclic) bond motifs is 6. The molecule has 1 N–H and O–H groups in total. The van der Waals surface area contributed by atoms with E-state index in [0.717, 1.165) is 58.8 Å². The molecule has 2 heterocycles. The van der Waals surface area contributed by atoms with E-state index in [9.17, 15) is 25.9 Å². The van der Waals surface area contributed by atoms with E-state index in [1.807, 2.05) is 6.07 Å². The summed E-state index contributed by atoms with van der Waals surface area (Å²) in [6.45, 7) is 10.5. The van der Waals surface area contributed by atoms with E-state index in [4.69, 9.17) is 11.6 Å². The fourth-order valence-electron chi connectivity index (χ4n) is 10.3. The van der Waals surface area contributed by atoms with E-state index in [-0.39, 0.29) is 40.3 Å². The predicted molar refractivity (Wildman–Crippen MR) is 229 cm³/mol. The van der Waals surface area contributed by atoms with Gasteiger partial charge in [-0.15, -0.1) is 0 Å². The summed E-state index contributed by atoms with van der Waals surface area (Å²) in [7, 11) is -8.54. The van der Waals surface area contributed by atoms with E-state index in [0.29, 0.717) is 32.2 Å². The number of nitrogens with one attached hydrogen (secondary N) is 1. The SMILES string of the molecule is CC1(C)/C(=C\C=C2/CCCC(/C=C/C3[NH+](CCCCS(=O)(=O)[O-])C4C=Cc5ccccc5C4C3(C)C)=C2Cl)N(CCCCS(=O)(=O)[O-])c2ccc3ccccc3c21. The summed E-state index contributed by atoms with van der Waals surface area (Å²) in [5.74, 6) is -0.440. The third-order valence-electron chi connectivity index (χ3n) is 12.9. The van der Waals surface area contributed by atoms with Crippen molar-refractivity contribution in [2.45, 2.75) is 96.1 Å². The lowest BCUT2D eigenvalue weighted by molar-refractivity contribution is -0.927. The van der Waals surface area contributed by atoms with Crippen LogP contribution in [0.5, 0.6) is 0 Å². The highest BCUT2D eigenvalue weighted by Gasteiger charge is 2.57. The summed E-state index contributed by atoms with van der Waals surface area (Å²) < 4.78 is 68.4. The fraction of sp³-hybridized carbons (Fsp3) is 0.435. The Morgan fingerprint density at radius 1 is 0.860 bits per heavy atom. The normalized spacial score (nSPS) is 25.5. The van der Waals surface area contributed by atoms with Crippen LogP contribution in [-0.4, -0.2) is 62.6 Å². The maximum atomic E-state index is 11.4. The van der Waals surface area contributed by atoms with Gasteiger partial charge in [0.05, 0.1) is 32.7 Å². The molecule has 2 aliphatic heterocycles. The van der Waals surface area contributed by atoms with E-state index in [1.165, 1.54) is 27.0 Å². The topological polar surface area (TPSA) is 122 Å². The second-order valence-corrected chi connectivity index (χ2v) is 20.7. The van der Waals surface area contributed by atoms with Gasteiger partial charge in [-0.25, -0.2) is 16.8 Å². The fourth-order valence-corrected chi connectivity index (χ4v) is 11.7. The number of allylic oxidation sites excluding steroid dienone is 7. The minimum atomic E-state index is -4.28. The number of nitrogens with zero attached hydrogens (tertiary/aromatic N) is 1. The first-order chi connectivity index (χ1) is 27.0. The minimum Gasteiger partial charge on any atom is -0.748 e. The van der Waals surface area contributed by atoms with E-state index >= 15 is 0 Å². The molecule has 0 aromatic heterocycles. The second kappa shape index (κ2) is 16.3. The Bertz CT molecular complexity index is 2410. The smallest absolute Gasteiger partial charge is 0.115 e. The highest BCUT2D eigenvalue weighted by molar-refractivity contribution is 7.85. The van der Waals surface area contributed by atoms with Gasteiger partial charge in [0.2, 0.25) is 0 Å². The summed E-state index contributed by atoms with van der Waals surface area (Å²) in [5.41, 5.74) is 7.71. The van der Waals surface area contributed by atoms with Crippen molar-refractivity contribution < 1.29 is 30.8 Å². The summed E-state index contributed by atoms with van der Waals surface area (Å²) in [5, 5.41) is 3.12. The molecular formula is C46H54ClN2O6S2-. The molecule has 4 atom stereocenters. The second-order valence-electron chi connectivity index (χ2n) is 17.3. The Morgan fingerprint density at radius 2 is 1.56 bits per heavy atom. The first kappa shape index (κ1) is 41.6. The number of quaternary nitrogens is 1. The number of hydrogen-bond acceptors (Lipinski definition) is 7. The number of unbranched alkanes of at least 4 members (excludes halogenated alkanes) is 2. The molecular weight excluding hydrogens is 776 g/mol. The first-order valence-electron chi connectivity index (χ1n) is 20.3. The maximum absolute atomic E-state index is 11.4. The van der Waals surface area contributed by atoms with Crippen molar-refractivity contribution >= 4 is 54.4 Å². The van der Waals surface area contributed by atoms with Gasteiger partial charge in [-0.1, -0.05) is 112 Å². The van der Waals surface area contributed by atoms with Gasteiger partial charge in [-0.2, -0.15) is 0 Å². The summed E-state index contributed by atoms with van der Waals surface area (Å²) >= 11 is 7.31. The van der Waals surface area contributed by atoms with Crippen LogP contribution in [0.15, 0.2) is 113 Å². The van der Waals surface area contributed by atoms with Crippen molar-refractivity contribution in [1.29, 1.82) is 0 Å². The monoisotopic (exact) mass is 829 g/mol. The van der Waals surface area contributed by atoms with Crippen LogP contribution in [0.3, 0.4) is 0 Å². The average Bonchev–Trinajstić information content (AvgIpc) is 3.51. The number of likely N-dealkylation sites (tertiary alicyclic amines) is 1. The molecule has 1 saturated heterocycles. The number of benzene rings is 3. The molecule has 304 valence electrons. The highest BCUT2D eigenvalue weighted by atomic mass is 35.5. The minimum absolute atomic E-state index is 0.124. The molecule has 1 fully saturated rings.